The summed E-state index contributed by atoms with van der Waals surface area (Å²) in [6.07, 6.45) is 0.0639. The van der Waals surface area contributed by atoms with E-state index in [1.165, 1.54) is 16.7 Å². The molecule has 0 saturated carbocycles. The molecule has 6 nitrogen and oxygen atoms in total. The van der Waals surface area contributed by atoms with Crippen LogP contribution in [0.25, 0.3) is 22.2 Å². The van der Waals surface area contributed by atoms with Gasteiger partial charge in [-0.2, -0.15) is 0 Å². The second-order valence-electron chi connectivity index (χ2n) is 8.67. The highest BCUT2D eigenvalue weighted by atomic mass is 35.5. The lowest BCUT2D eigenvalue weighted by molar-refractivity contribution is -0.121. The van der Waals surface area contributed by atoms with E-state index in [-0.39, 0.29) is 18.2 Å². The smallest absolute Gasteiger partial charge is 0.247 e. The highest BCUT2D eigenvalue weighted by molar-refractivity contribution is 8.00. The van der Waals surface area contributed by atoms with Gasteiger partial charge in [0.05, 0.1) is 16.9 Å². The number of ether oxygens (including phenoxy) is 1. The number of hydrogen-bond acceptors (Lipinski definition) is 6. The zero-order valence-electron chi connectivity index (χ0n) is 20.0. The molecule has 0 spiro atoms. The number of hydrogen-bond donors (Lipinski definition) is 0. The first-order valence-electron chi connectivity index (χ1n) is 11.9. The number of nitrogens with zero attached hydrogens (tertiary/aromatic N) is 3. The van der Waals surface area contributed by atoms with Crippen molar-refractivity contribution < 1.29 is 14.3 Å². The van der Waals surface area contributed by atoms with Crippen molar-refractivity contribution in [2.75, 3.05) is 4.90 Å². The molecule has 38 heavy (non-hydrogen) atoms. The summed E-state index contributed by atoms with van der Waals surface area (Å²) in [5.41, 5.74) is 2.86. The maximum Gasteiger partial charge on any atom is 0.247 e. The predicted molar refractivity (Wildman–Crippen MR) is 150 cm³/mol. The number of carbonyl (C=O) groups excluding carboxylic acids is 2. The molecule has 1 atom stereocenters. The molecule has 0 radical (unpaired) electrons. The molecule has 5 aromatic rings. The molecule has 0 N–H and O–H groups in total. The highest BCUT2D eigenvalue weighted by Crippen LogP contribution is 2.36. The van der Waals surface area contributed by atoms with Crippen LogP contribution in [0.15, 0.2) is 108 Å². The minimum atomic E-state index is -0.629. The van der Waals surface area contributed by atoms with Crippen LogP contribution in [0.5, 0.6) is 11.5 Å². The van der Waals surface area contributed by atoms with Gasteiger partial charge < -0.3 is 4.74 Å². The van der Waals surface area contributed by atoms with Gasteiger partial charge in [0.1, 0.15) is 16.7 Å². The summed E-state index contributed by atoms with van der Waals surface area (Å²) in [5.74, 6) is 0.763. The van der Waals surface area contributed by atoms with Gasteiger partial charge in [-0.25, -0.2) is 14.9 Å². The van der Waals surface area contributed by atoms with E-state index < -0.39 is 5.25 Å². The first-order valence-corrected chi connectivity index (χ1v) is 13.2. The molecule has 186 valence electrons. The van der Waals surface area contributed by atoms with Gasteiger partial charge in [0.25, 0.3) is 0 Å². The van der Waals surface area contributed by atoms with Gasteiger partial charge in [-0.1, -0.05) is 71.9 Å². The number of thioether (sulfide) groups is 1. The minimum Gasteiger partial charge on any atom is -0.457 e. The molecule has 1 aromatic heterocycles. The molecule has 2 amide bonds. The Hall–Kier alpha value is -4.20. The molecular weight excluding hydrogens is 518 g/mol. The summed E-state index contributed by atoms with van der Waals surface area (Å²) >= 11 is 7.46. The zero-order valence-corrected chi connectivity index (χ0v) is 21.5. The fourth-order valence-electron chi connectivity index (χ4n) is 4.33. The van der Waals surface area contributed by atoms with Crippen molar-refractivity contribution in [3.8, 4) is 22.8 Å². The Morgan fingerprint density at radius 3 is 2.24 bits per heavy atom. The molecule has 0 unspecified atom stereocenters. The van der Waals surface area contributed by atoms with E-state index in [0.29, 0.717) is 32.9 Å². The summed E-state index contributed by atoms with van der Waals surface area (Å²) in [6, 6.07) is 31.5. The third-order valence-electron chi connectivity index (χ3n) is 6.11. The van der Waals surface area contributed by atoms with E-state index >= 15 is 0 Å². The molecule has 1 aliphatic rings. The first-order chi connectivity index (χ1) is 18.5. The van der Waals surface area contributed by atoms with E-state index in [4.69, 9.17) is 21.3 Å². The highest BCUT2D eigenvalue weighted by Gasteiger charge is 2.40. The van der Waals surface area contributed by atoms with Crippen molar-refractivity contribution in [3.63, 3.8) is 0 Å². The van der Waals surface area contributed by atoms with Crippen LogP contribution < -0.4 is 9.64 Å². The number of para-hydroxylation sites is 1. The van der Waals surface area contributed by atoms with E-state index in [1.807, 2.05) is 72.8 Å². The molecule has 6 rings (SSSR count). The SMILES string of the molecule is O=C1C[C@H](Sc2nc(-c3ccccc3)c3cc(Cl)ccc3n2)C(=O)N1c1ccc(Oc2ccccc2)cc1. The number of benzene rings is 4. The van der Waals surface area contributed by atoms with Gasteiger partial charge in [-0.3, -0.25) is 9.59 Å². The number of halogens is 1. The quantitative estimate of drug-likeness (QED) is 0.169. The lowest BCUT2D eigenvalue weighted by Crippen LogP contribution is -2.31. The fourth-order valence-corrected chi connectivity index (χ4v) is 5.48. The largest absolute Gasteiger partial charge is 0.457 e. The van der Waals surface area contributed by atoms with Crippen LogP contribution in [0, 0.1) is 0 Å². The average Bonchev–Trinajstić information content (AvgIpc) is 3.22. The Kier molecular flexibility index (Phi) is 6.54. The molecule has 4 aromatic carbocycles. The van der Waals surface area contributed by atoms with Crippen LogP contribution in [-0.4, -0.2) is 27.0 Å². The van der Waals surface area contributed by atoms with Crippen LogP contribution in [0.3, 0.4) is 0 Å². The number of imide groups is 1. The van der Waals surface area contributed by atoms with Gasteiger partial charge in [-0.05, 0) is 54.6 Å². The Morgan fingerprint density at radius 2 is 1.50 bits per heavy atom. The topological polar surface area (TPSA) is 72.4 Å². The maximum absolute atomic E-state index is 13.3. The van der Waals surface area contributed by atoms with Crippen molar-refractivity contribution in [1.29, 1.82) is 0 Å². The Morgan fingerprint density at radius 1 is 0.816 bits per heavy atom. The summed E-state index contributed by atoms with van der Waals surface area (Å²) in [4.78, 5) is 36.9. The monoisotopic (exact) mass is 537 g/mol. The standard InChI is InChI=1S/C30H20ClN3O3S/c31-20-11-16-25-24(17-20)28(19-7-3-1-4-8-19)33-30(32-25)38-26-18-27(35)34(29(26)36)21-12-14-23(15-13-21)37-22-9-5-2-6-10-22/h1-17,26H,18H2/t26-/m0/s1. The lowest BCUT2D eigenvalue weighted by Gasteiger charge is -2.16. The predicted octanol–water partition coefficient (Wildman–Crippen LogP) is 7.17. The molecule has 1 aliphatic heterocycles. The number of fused-ring (bicyclic) bond motifs is 1. The van der Waals surface area contributed by atoms with Gasteiger partial charge in [0.15, 0.2) is 5.16 Å². The van der Waals surface area contributed by atoms with E-state index in [2.05, 4.69) is 4.98 Å². The zero-order chi connectivity index (χ0) is 26.1. The van der Waals surface area contributed by atoms with Gasteiger partial charge in [0.2, 0.25) is 11.8 Å². The summed E-state index contributed by atoms with van der Waals surface area (Å²) < 4.78 is 5.82. The molecular formula is C30H20ClN3O3S. The number of aromatic nitrogens is 2. The second kappa shape index (κ2) is 10.3. The molecule has 1 fully saturated rings. The number of rotatable bonds is 6. The van der Waals surface area contributed by atoms with E-state index in [9.17, 15) is 9.59 Å². The number of amides is 2. The molecule has 0 bridgehead atoms. The Labute approximate surface area is 228 Å². The minimum absolute atomic E-state index is 0.0639. The number of carbonyl (C=O) groups is 2. The second-order valence-corrected chi connectivity index (χ2v) is 10.3. The molecule has 2 heterocycles. The summed E-state index contributed by atoms with van der Waals surface area (Å²) in [6.45, 7) is 0. The van der Waals surface area contributed by atoms with Crippen molar-refractivity contribution >= 4 is 51.8 Å². The van der Waals surface area contributed by atoms with Gasteiger partial charge in [-0.15, -0.1) is 0 Å². The third-order valence-corrected chi connectivity index (χ3v) is 7.39. The lowest BCUT2D eigenvalue weighted by atomic mass is 10.1. The van der Waals surface area contributed by atoms with Crippen molar-refractivity contribution in [3.05, 3.63) is 108 Å². The van der Waals surface area contributed by atoms with Crippen molar-refractivity contribution in [1.82, 2.24) is 9.97 Å². The Bertz CT molecular complexity index is 1650. The van der Waals surface area contributed by atoms with E-state index in [1.54, 1.807) is 30.3 Å². The van der Waals surface area contributed by atoms with E-state index in [0.717, 1.165) is 16.6 Å². The van der Waals surface area contributed by atoms with Crippen LogP contribution in [0.4, 0.5) is 5.69 Å². The summed E-state index contributed by atoms with van der Waals surface area (Å²) in [5, 5.41) is 1.21. The normalized spacial score (nSPS) is 15.3. The van der Waals surface area contributed by atoms with Crippen LogP contribution in [0.1, 0.15) is 6.42 Å². The Balaban J connectivity index is 1.25. The third kappa shape index (κ3) is 4.86. The molecule has 0 aliphatic carbocycles. The van der Waals surface area contributed by atoms with Gasteiger partial charge in [0, 0.05) is 22.4 Å². The first kappa shape index (κ1) is 24.2. The average molecular weight is 538 g/mol. The number of anilines is 1. The maximum atomic E-state index is 13.3. The van der Waals surface area contributed by atoms with Crippen molar-refractivity contribution in [2.24, 2.45) is 0 Å². The summed E-state index contributed by atoms with van der Waals surface area (Å²) in [7, 11) is 0. The fraction of sp³-hybridized carbons (Fsp3) is 0.0667. The van der Waals surface area contributed by atoms with Crippen LogP contribution in [-0.2, 0) is 9.59 Å². The molecule has 1 saturated heterocycles. The van der Waals surface area contributed by atoms with Crippen LogP contribution in [0.2, 0.25) is 5.02 Å². The molecule has 8 heteroatoms. The van der Waals surface area contributed by atoms with Crippen LogP contribution >= 0.6 is 23.4 Å². The van der Waals surface area contributed by atoms with Crippen molar-refractivity contribution in [2.45, 2.75) is 16.8 Å². The van der Waals surface area contributed by atoms with Gasteiger partial charge >= 0.3 is 0 Å².